The first kappa shape index (κ1) is 15.1. The van der Waals surface area contributed by atoms with E-state index in [-0.39, 0.29) is 12.1 Å². The fourth-order valence-electron chi connectivity index (χ4n) is 3.44. The Morgan fingerprint density at radius 2 is 1.68 bits per heavy atom. The normalized spacial score (nSPS) is 31.6. The predicted molar refractivity (Wildman–Crippen MR) is 70.1 cm³/mol. The van der Waals surface area contributed by atoms with Gasteiger partial charge in [0.15, 0.2) is 0 Å². The number of nitrogens with one attached hydrogen (secondary N) is 1. The van der Waals surface area contributed by atoms with Crippen LogP contribution < -0.4 is 5.32 Å². The summed E-state index contributed by atoms with van der Waals surface area (Å²) >= 11 is 0. The Labute approximate surface area is 113 Å². The monoisotopic (exact) mass is 278 g/mol. The number of alkyl halides is 3. The van der Waals surface area contributed by atoms with E-state index in [0.29, 0.717) is 12.8 Å². The molecule has 0 aromatic heterocycles. The third kappa shape index (κ3) is 4.09. The molecule has 0 spiro atoms. The molecule has 2 unspecified atom stereocenters. The van der Waals surface area contributed by atoms with Crippen molar-refractivity contribution >= 4 is 0 Å². The van der Waals surface area contributed by atoms with Crippen LogP contribution in [-0.4, -0.2) is 42.8 Å². The van der Waals surface area contributed by atoms with Gasteiger partial charge in [-0.05, 0) is 45.3 Å². The Kier molecular flexibility index (Phi) is 5.12. The lowest BCUT2D eigenvalue weighted by atomic mass is 9.83. The van der Waals surface area contributed by atoms with Crippen molar-refractivity contribution in [2.45, 2.75) is 63.7 Å². The van der Waals surface area contributed by atoms with Crippen molar-refractivity contribution in [1.29, 1.82) is 0 Å². The fraction of sp³-hybridized carbons (Fsp3) is 1.00. The predicted octanol–water partition coefficient (Wildman–Crippen LogP) is 3.18. The van der Waals surface area contributed by atoms with Gasteiger partial charge in [-0.3, -0.25) is 0 Å². The first-order valence-corrected chi connectivity index (χ1v) is 7.56. The highest BCUT2D eigenvalue weighted by Gasteiger charge is 2.45. The molecule has 112 valence electrons. The molecule has 5 heteroatoms. The zero-order valence-corrected chi connectivity index (χ0v) is 11.7. The highest BCUT2D eigenvalue weighted by atomic mass is 19.4. The van der Waals surface area contributed by atoms with E-state index in [1.807, 2.05) is 0 Å². The van der Waals surface area contributed by atoms with Crippen molar-refractivity contribution in [3.05, 3.63) is 0 Å². The number of halogens is 3. The van der Waals surface area contributed by atoms with Gasteiger partial charge >= 0.3 is 6.18 Å². The van der Waals surface area contributed by atoms with Crippen LogP contribution >= 0.6 is 0 Å². The van der Waals surface area contributed by atoms with Gasteiger partial charge in [-0.2, -0.15) is 13.2 Å². The maximum absolute atomic E-state index is 13.0. The highest BCUT2D eigenvalue weighted by molar-refractivity contribution is 4.89. The van der Waals surface area contributed by atoms with Gasteiger partial charge in [-0.1, -0.05) is 19.8 Å². The van der Waals surface area contributed by atoms with E-state index in [1.165, 1.54) is 0 Å². The summed E-state index contributed by atoms with van der Waals surface area (Å²) in [6.07, 6.45) is 0.549. The largest absolute Gasteiger partial charge is 0.393 e. The standard InChI is InChI=1S/C14H25F3N2/c1-2-19-9-7-11(8-10-19)18-13-6-4-3-5-12(13)14(15,16)17/h11-13,18H,2-10H2,1H3. The second-order valence-electron chi connectivity index (χ2n) is 5.91. The maximum Gasteiger partial charge on any atom is 0.393 e. The van der Waals surface area contributed by atoms with Crippen LogP contribution in [-0.2, 0) is 0 Å². The zero-order valence-electron chi connectivity index (χ0n) is 11.7. The zero-order chi connectivity index (χ0) is 13.9. The molecule has 0 bridgehead atoms. The number of nitrogens with zero attached hydrogens (tertiary/aromatic N) is 1. The molecule has 2 rings (SSSR count). The second-order valence-corrected chi connectivity index (χ2v) is 5.91. The summed E-state index contributed by atoms with van der Waals surface area (Å²) in [5.41, 5.74) is 0. The number of likely N-dealkylation sites (tertiary alicyclic amines) is 1. The van der Waals surface area contributed by atoms with Crippen LogP contribution in [0.4, 0.5) is 13.2 Å². The van der Waals surface area contributed by atoms with E-state index in [0.717, 1.165) is 45.3 Å². The minimum absolute atomic E-state index is 0.274. The Hall–Kier alpha value is -0.290. The van der Waals surface area contributed by atoms with Crippen molar-refractivity contribution < 1.29 is 13.2 Å². The molecule has 0 aromatic rings. The fourth-order valence-corrected chi connectivity index (χ4v) is 3.44. The van der Waals surface area contributed by atoms with Crippen molar-refractivity contribution in [1.82, 2.24) is 10.2 Å². The number of rotatable bonds is 3. The lowest BCUT2D eigenvalue weighted by Crippen LogP contribution is -2.52. The van der Waals surface area contributed by atoms with Crippen LogP contribution in [0.1, 0.15) is 45.4 Å². The van der Waals surface area contributed by atoms with Gasteiger partial charge < -0.3 is 10.2 Å². The van der Waals surface area contributed by atoms with Gasteiger partial charge in [0.05, 0.1) is 5.92 Å². The number of hydrogen-bond acceptors (Lipinski definition) is 2. The van der Waals surface area contributed by atoms with Crippen LogP contribution in [0.2, 0.25) is 0 Å². The molecule has 0 aromatic carbocycles. The SMILES string of the molecule is CCN1CCC(NC2CCCCC2C(F)(F)F)CC1. The summed E-state index contributed by atoms with van der Waals surface area (Å²) in [6.45, 7) is 5.20. The molecule has 2 fully saturated rings. The third-order valence-corrected chi connectivity index (χ3v) is 4.67. The molecule has 1 aliphatic heterocycles. The van der Waals surface area contributed by atoms with E-state index < -0.39 is 12.1 Å². The minimum atomic E-state index is -4.04. The quantitative estimate of drug-likeness (QED) is 0.853. The van der Waals surface area contributed by atoms with Crippen molar-refractivity contribution in [2.75, 3.05) is 19.6 Å². The van der Waals surface area contributed by atoms with Crippen LogP contribution in [0.25, 0.3) is 0 Å². The Morgan fingerprint density at radius 3 is 2.26 bits per heavy atom. The smallest absolute Gasteiger partial charge is 0.311 e. The van der Waals surface area contributed by atoms with Crippen LogP contribution in [0.3, 0.4) is 0 Å². The van der Waals surface area contributed by atoms with Gasteiger partial charge in [0.2, 0.25) is 0 Å². The number of piperidine rings is 1. The molecular formula is C14H25F3N2. The van der Waals surface area contributed by atoms with E-state index in [4.69, 9.17) is 0 Å². The van der Waals surface area contributed by atoms with E-state index in [9.17, 15) is 13.2 Å². The number of hydrogen-bond donors (Lipinski definition) is 1. The Balaban J connectivity index is 1.86. The first-order chi connectivity index (χ1) is 9.00. The Morgan fingerprint density at radius 1 is 1.05 bits per heavy atom. The molecule has 1 heterocycles. The summed E-state index contributed by atoms with van der Waals surface area (Å²) in [4.78, 5) is 2.36. The van der Waals surface area contributed by atoms with Crippen LogP contribution in [0, 0.1) is 5.92 Å². The van der Waals surface area contributed by atoms with E-state index in [1.54, 1.807) is 0 Å². The molecule has 19 heavy (non-hydrogen) atoms. The summed E-state index contributed by atoms with van der Waals surface area (Å²) < 4.78 is 39.0. The van der Waals surface area contributed by atoms with E-state index in [2.05, 4.69) is 17.1 Å². The van der Waals surface area contributed by atoms with Crippen LogP contribution in [0.5, 0.6) is 0 Å². The van der Waals surface area contributed by atoms with Gasteiger partial charge in [0, 0.05) is 12.1 Å². The van der Waals surface area contributed by atoms with Crippen LogP contribution in [0.15, 0.2) is 0 Å². The topological polar surface area (TPSA) is 15.3 Å². The van der Waals surface area contributed by atoms with Gasteiger partial charge in [0.25, 0.3) is 0 Å². The molecular weight excluding hydrogens is 253 g/mol. The molecule has 2 atom stereocenters. The summed E-state index contributed by atoms with van der Waals surface area (Å²) in [7, 11) is 0. The lowest BCUT2D eigenvalue weighted by molar-refractivity contribution is -0.189. The molecule has 1 saturated carbocycles. The molecule has 1 saturated heterocycles. The molecule has 1 aliphatic carbocycles. The molecule has 0 radical (unpaired) electrons. The summed E-state index contributed by atoms with van der Waals surface area (Å²) in [5, 5.41) is 3.31. The van der Waals surface area contributed by atoms with Crippen molar-refractivity contribution in [2.24, 2.45) is 5.92 Å². The molecule has 1 N–H and O–H groups in total. The van der Waals surface area contributed by atoms with E-state index >= 15 is 0 Å². The third-order valence-electron chi connectivity index (χ3n) is 4.67. The average Bonchev–Trinajstić information content (AvgIpc) is 2.39. The maximum atomic E-state index is 13.0. The molecule has 0 amide bonds. The molecule has 2 aliphatic rings. The van der Waals surface area contributed by atoms with Gasteiger partial charge in [-0.15, -0.1) is 0 Å². The lowest BCUT2D eigenvalue weighted by Gasteiger charge is -2.39. The van der Waals surface area contributed by atoms with Crippen molar-refractivity contribution in [3.63, 3.8) is 0 Å². The minimum Gasteiger partial charge on any atom is -0.311 e. The molecule has 2 nitrogen and oxygen atoms in total. The second kappa shape index (κ2) is 6.44. The van der Waals surface area contributed by atoms with Gasteiger partial charge in [-0.25, -0.2) is 0 Å². The summed E-state index contributed by atoms with van der Waals surface area (Å²) in [6, 6.07) is -0.0809. The first-order valence-electron chi connectivity index (χ1n) is 7.56. The van der Waals surface area contributed by atoms with Gasteiger partial charge in [0.1, 0.15) is 0 Å². The Bertz CT molecular complexity index is 272. The van der Waals surface area contributed by atoms with Crippen molar-refractivity contribution in [3.8, 4) is 0 Å². The summed E-state index contributed by atoms with van der Waals surface area (Å²) in [5.74, 6) is -1.13. The highest BCUT2D eigenvalue weighted by Crippen LogP contribution is 2.38. The average molecular weight is 278 g/mol.